The molecule has 148 valence electrons. The number of aromatic nitrogens is 5. The third-order valence-corrected chi connectivity index (χ3v) is 6.08. The molecule has 9 nitrogen and oxygen atoms in total. The van der Waals surface area contributed by atoms with Crippen molar-refractivity contribution >= 4 is 11.8 Å². The molecule has 0 aliphatic carbocycles. The van der Waals surface area contributed by atoms with E-state index in [1.165, 1.54) is 11.0 Å². The highest BCUT2D eigenvalue weighted by Crippen LogP contribution is 2.40. The van der Waals surface area contributed by atoms with Crippen LogP contribution in [0, 0.1) is 5.41 Å². The lowest BCUT2D eigenvalue weighted by atomic mass is 9.72. The Bertz CT molecular complexity index is 816. The third-order valence-electron chi connectivity index (χ3n) is 6.08. The first-order valence-electron chi connectivity index (χ1n) is 9.75. The summed E-state index contributed by atoms with van der Waals surface area (Å²) in [6.45, 7) is 4.53. The molecule has 0 bridgehead atoms. The van der Waals surface area contributed by atoms with Crippen molar-refractivity contribution in [1.82, 2.24) is 35.0 Å². The molecule has 2 aromatic rings. The molecule has 4 rings (SSSR count). The Morgan fingerprint density at radius 3 is 2.75 bits per heavy atom. The van der Waals surface area contributed by atoms with Gasteiger partial charge in [0.15, 0.2) is 0 Å². The fraction of sp³-hybridized carbons (Fsp3) is 0.579. The zero-order chi connectivity index (χ0) is 19.6. The van der Waals surface area contributed by atoms with Crippen LogP contribution in [0.4, 0.5) is 0 Å². The maximum Gasteiger partial charge on any atom is 0.247 e. The van der Waals surface area contributed by atoms with Gasteiger partial charge in [0.2, 0.25) is 11.8 Å². The molecule has 9 heteroatoms. The second kappa shape index (κ2) is 7.65. The van der Waals surface area contributed by atoms with Crippen molar-refractivity contribution < 1.29 is 9.59 Å². The van der Waals surface area contributed by atoms with Crippen LogP contribution in [0.15, 0.2) is 30.7 Å². The topological polar surface area (TPSA) is 97.1 Å². The van der Waals surface area contributed by atoms with Gasteiger partial charge in [0.05, 0.1) is 12.2 Å². The van der Waals surface area contributed by atoms with Gasteiger partial charge in [-0.2, -0.15) is 0 Å². The van der Waals surface area contributed by atoms with Crippen molar-refractivity contribution in [3.8, 4) is 0 Å². The van der Waals surface area contributed by atoms with Crippen molar-refractivity contribution in [2.75, 3.05) is 19.6 Å². The number of carbonyl (C=O) groups is 2. The summed E-state index contributed by atoms with van der Waals surface area (Å²) in [5.41, 5.74) is 1.01. The Balaban J connectivity index is 1.37. The number of hydrogen-bond acceptors (Lipinski definition) is 6. The first-order chi connectivity index (χ1) is 13.6. The van der Waals surface area contributed by atoms with Crippen LogP contribution >= 0.6 is 0 Å². The molecular formula is C19H25N7O2. The van der Waals surface area contributed by atoms with Gasteiger partial charge in [0, 0.05) is 32.3 Å². The first kappa shape index (κ1) is 18.5. The average Bonchev–Trinajstić information content (AvgIpc) is 3.26. The summed E-state index contributed by atoms with van der Waals surface area (Å²) in [5.74, 6) is 0.237. The van der Waals surface area contributed by atoms with Crippen LogP contribution in [0.5, 0.6) is 0 Å². The van der Waals surface area contributed by atoms with Crippen molar-refractivity contribution in [2.24, 2.45) is 5.41 Å². The van der Waals surface area contributed by atoms with Gasteiger partial charge in [-0.1, -0.05) is 6.07 Å². The third kappa shape index (κ3) is 3.74. The molecule has 2 saturated heterocycles. The van der Waals surface area contributed by atoms with Crippen LogP contribution in [0.2, 0.25) is 0 Å². The van der Waals surface area contributed by atoms with Crippen LogP contribution in [0.25, 0.3) is 0 Å². The monoisotopic (exact) mass is 383 g/mol. The van der Waals surface area contributed by atoms with Crippen molar-refractivity contribution in [3.05, 3.63) is 36.4 Å². The molecular weight excluding hydrogens is 358 g/mol. The van der Waals surface area contributed by atoms with E-state index in [1.807, 2.05) is 34.9 Å². The Morgan fingerprint density at radius 1 is 1.25 bits per heavy atom. The van der Waals surface area contributed by atoms with E-state index in [0.29, 0.717) is 26.1 Å². The van der Waals surface area contributed by atoms with Gasteiger partial charge < -0.3 is 9.80 Å². The van der Waals surface area contributed by atoms with Crippen molar-refractivity contribution in [2.45, 2.75) is 45.2 Å². The predicted octanol–water partition coefficient (Wildman–Crippen LogP) is 1.06. The van der Waals surface area contributed by atoms with Crippen molar-refractivity contribution in [1.29, 1.82) is 0 Å². The number of piperidine rings is 2. The summed E-state index contributed by atoms with van der Waals surface area (Å²) in [7, 11) is 0. The lowest BCUT2D eigenvalue weighted by Gasteiger charge is -2.47. The van der Waals surface area contributed by atoms with Crippen LogP contribution in [-0.2, 0) is 16.1 Å². The molecule has 2 amide bonds. The Hall–Kier alpha value is -2.84. The predicted molar refractivity (Wildman–Crippen MR) is 99.7 cm³/mol. The summed E-state index contributed by atoms with van der Waals surface area (Å²) in [6, 6.07) is 5.38. The molecule has 1 atom stereocenters. The molecule has 2 aliphatic rings. The highest BCUT2D eigenvalue weighted by molar-refractivity contribution is 5.80. The number of amides is 2. The van der Waals surface area contributed by atoms with Crippen LogP contribution in [-0.4, -0.2) is 66.4 Å². The molecule has 0 aromatic carbocycles. The first-order valence-corrected chi connectivity index (χ1v) is 9.75. The van der Waals surface area contributed by atoms with E-state index in [-0.39, 0.29) is 17.2 Å². The summed E-state index contributed by atoms with van der Waals surface area (Å²) >= 11 is 0. The minimum absolute atomic E-state index is 0.0411. The molecule has 4 heterocycles. The second-order valence-corrected chi connectivity index (χ2v) is 7.86. The molecule has 2 aromatic heterocycles. The normalized spacial score (nSPS) is 20.4. The van der Waals surface area contributed by atoms with E-state index in [1.54, 1.807) is 6.20 Å². The zero-order valence-corrected chi connectivity index (χ0v) is 16.1. The van der Waals surface area contributed by atoms with Crippen LogP contribution < -0.4 is 0 Å². The lowest BCUT2D eigenvalue weighted by molar-refractivity contribution is -0.144. The van der Waals surface area contributed by atoms with Crippen molar-refractivity contribution in [3.63, 3.8) is 0 Å². The molecule has 2 aliphatic heterocycles. The Morgan fingerprint density at radius 2 is 2.07 bits per heavy atom. The zero-order valence-electron chi connectivity index (χ0n) is 16.1. The number of carbonyl (C=O) groups excluding carboxylic acids is 2. The standard InChI is InChI=1S/C19H25N7O2/c1-15(26-14-21-22-23-26)18(28)24-10-7-19(8-11-24)6-5-17(27)25(13-19)12-16-4-2-3-9-20-16/h2-4,9,14-15H,5-8,10-13H2,1H3/t15-/m0/s1. The molecule has 0 unspecified atom stereocenters. The smallest absolute Gasteiger partial charge is 0.247 e. The molecule has 28 heavy (non-hydrogen) atoms. The van der Waals surface area contributed by atoms with E-state index < -0.39 is 6.04 Å². The minimum atomic E-state index is -0.405. The highest BCUT2D eigenvalue weighted by Gasteiger charge is 2.42. The molecule has 2 fully saturated rings. The summed E-state index contributed by atoms with van der Waals surface area (Å²) in [5, 5.41) is 11.0. The number of likely N-dealkylation sites (tertiary alicyclic amines) is 2. The largest absolute Gasteiger partial charge is 0.341 e. The number of hydrogen-bond donors (Lipinski definition) is 0. The lowest BCUT2D eigenvalue weighted by Crippen LogP contribution is -2.52. The second-order valence-electron chi connectivity index (χ2n) is 7.86. The maximum atomic E-state index is 12.8. The Labute approximate surface area is 163 Å². The van der Waals surface area contributed by atoms with E-state index in [0.717, 1.165) is 31.5 Å². The van der Waals surface area contributed by atoms with Crippen LogP contribution in [0.3, 0.4) is 0 Å². The number of nitrogens with zero attached hydrogens (tertiary/aromatic N) is 7. The molecule has 0 N–H and O–H groups in total. The van der Waals surface area contributed by atoms with E-state index in [4.69, 9.17) is 0 Å². The highest BCUT2D eigenvalue weighted by atomic mass is 16.2. The molecule has 0 saturated carbocycles. The van der Waals surface area contributed by atoms with Gasteiger partial charge in [0.1, 0.15) is 12.4 Å². The average molecular weight is 383 g/mol. The summed E-state index contributed by atoms with van der Waals surface area (Å²) < 4.78 is 1.49. The van der Waals surface area contributed by atoms with Gasteiger partial charge in [-0.05, 0) is 54.2 Å². The fourth-order valence-corrected chi connectivity index (χ4v) is 4.27. The van der Waals surface area contributed by atoms with E-state index in [9.17, 15) is 9.59 Å². The number of rotatable bonds is 4. The van der Waals surface area contributed by atoms with Gasteiger partial charge in [-0.3, -0.25) is 14.6 Å². The number of pyridine rings is 1. The minimum Gasteiger partial charge on any atom is -0.341 e. The fourth-order valence-electron chi connectivity index (χ4n) is 4.27. The van der Waals surface area contributed by atoms with Crippen LogP contribution in [0.1, 0.15) is 44.3 Å². The Kier molecular flexibility index (Phi) is 5.06. The maximum absolute atomic E-state index is 12.8. The molecule has 0 radical (unpaired) electrons. The summed E-state index contributed by atoms with van der Waals surface area (Å²) in [4.78, 5) is 33.4. The SMILES string of the molecule is C[C@@H](C(=O)N1CCC2(CCC(=O)N(Cc3ccccn3)C2)CC1)n1cnnn1. The van der Waals surface area contributed by atoms with Gasteiger partial charge in [-0.15, -0.1) is 5.10 Å². The van der Waals surface area contributed by atoms with E-state index in [2.05, 4.69) is 20.5 Å². The van der Waals surface area contributed by atoms with Gasteiger partial charge in [-0.25, -0.2) is 4.68 Å². The quantitative estimate of drug-likeness (QED) is 0.783. The summed E-state index contributed by atoms with van der Waals surface area (Å²) in [6.07, 6.45) is 6.52. The molecule has 1 spiro atoms. The van der Waals surface area contributed by atoms with Gasteiger partial charge >= 0.3 is 0 Å². The van der Waals surface area contributed by atoms with Gasteiger partial charge in [0.25, 0.3) is 0 Å². The number of tetrazole rings is 1. The van der Waals surface area contributed by atoms with E-state index >= 15 is 0 Å².